The largest absolute Gasteiger partial charge is 0.476 e. The Morgan fingerprint density at radius 3 is 2.76 bits per heavy atom. The van der Waals surface area contributed by atoms with Crippen molar-refractivity contribution in [2.75, 3.05) is 43.5 Å². The number of hydrogen-bond acceptors (Lipinski definition) is 6. The lowest BCUT2D eigenvalue weighted by atomic mass is 10.1. The van der Waals surface area contributed by atoms with E-state index in [2.05, 4.69) is 16.8 Å². The lowest BCUT2D eigenvalue weighted by Crippen LogP contribution is -2.37. The molecular weight excluding hydrogens is 270 g/mol. The van der Waals surface area contributed by atoms with Crippen LogP contribution in [0.4, 0.5) is 11.5 Å². The Labute approximate surface area is 125 Å². The molecule has 0 spiro atoms. The second-order valence-corrected chi connectivity index (χ2v) is 5.19. The van der Waals surface area contributed by atoms with Gasteiger partial charge < -0.3 is 25.2 Å². The molecule has 0 saturated carbocycles. The van der Waals surface area contributed by atoms with Crippen LogP contribution in [0.3, 0.4) is 0 Å². The van der Waals surface area contributed by atoms with E-state index in [0.717, 1.165) is 38.2 Å². The van der Waals surface area contributed by atoms with Crippen LogP contribution in [-0.2, 0) is 4.74 Å². The smallest absolute Gasteiger partial charge is 0.239 e. The number of hydrogen-bond donors (Lipinski definition) is 2. The fraction of sp³-hybridized carbons (Fsp3) is 0.667. The highest BCUT2D eigenvalue weighted by Gasteiger charge is 2.21. The Balaban J connectivity index is 1.93. The minimum absolute atomic E-state index is 0.0812. The predicted octanol–water partition coefficient (Wildman–Crippen LogP) is 1.43. The summed E-state index contributed by atoms with van der Waals surface area (Å²) in [6.07, 6.45) is 3.05. The molecule has 3 N–H and O–H groups in total. The normalized spacial score (nSPS) is 16.2. The molecule has 0 amide bonds. The van der Waals surface area contributed by atoms with Crippen LogP contribution in [0, 0.1) is 0 Å². The van der Waals surface area contributed by atoms with Crippen LogP contribution in [0.2, 0.25) is 0 Å². The number of pyridine rings is 1. The first kappa shape index (κ1) is 15.9. The van der Waals surface area contributed by atoms with Crippen LogP contribution in [0.5, 0.6) is 5.88 Å². The van der Waals surface area contributed by atoms with Crippen LogP contribution >= 0.6 is 0 Å². The van der Waals surface area contributed by atoms with Gasteiger partial charge in [-0.05, 0) is 31.4 Å². The Morgan fingerprint density at radius 2 is 2.10 bits per heavy atom. The summed E-state index contributed by atoms with van der Waals surface area (Å²) in [7, 11) is 0. The van der Waals surface area contributed by atoms with Crippen LogP contribution < -0.4 is 15.4 Å². The first-order valence-corrected chi connectivity index (χ1v) is 7.61. The Kier molecular flexibility index (Phi) is 6.07. The summed E-state index contributed by atoms with van der Waals surface area (Å²) in [5, 5.41) is 8.78. The van der Waals surface area contributed by atoms with Crippen LogP contribution in [0.25, 0.3) is 0 Å². The number of nitrogens with zero attached hydrogens (tertiary/aromatic N) is 2. The molecule has 0 aromatic carbocycles. The van der Waals surface area contributed by atoms with Crippen LogP contribution in [0.15, 0.2) is 12.1 Å². The molecule has 2 rings (SSSR count). The molecule has 1 fully saturated rings. The van der Waals surface area contributed by atoms with Gasteiger partial charge in [-0.3, -0.25) is 0 Å². The van der Waals surface area contributed by atoms with Gasteiger partial charge in [-0.1, -0.05) is 6.92 Å². The van der Waals surface area contributed by atoms with Crippen molar-refractivity contribution in [1.82, 2.24) is 4.98 Å². The number of ether oxygens (including phenoxy) is 2. The topological polar surface area (TPSA) is 80.8 Å². The van der Waals surface area contributed by atoms with Crippen LogP contribution in [0.1, 0.15) is 26.2 Å². The van der Waals surface area contributed by atoms with E-state index in [-0.39, 0.29) is 12.7 Å². The zero-order chi connectivity index (χ0) is 15.1. The van der Waals surface area contributed by atoms with Gasteiger partial charge in [0, 0.05) is 13.1 Å². The minimum Gasteiger partial charge on any atom is -0.476 e. The van der Waals surface area contributed by atoms with Gasteiger partial charge in [0.1, 0.15) is 5.82 Å². The van der Waals surface area contributed by atoms with Crippen molar-refractivity contribution >= 4 is 11.5 Å². The van der Waals surface area contributed by atoms with Gasteiger partial charge >= 0.3 is 0 Å². The molecule has 0 bridgehead atoms. The first-order chi connectivity index (χ1) is 10.2. The van der Waals surface area contributed by atoms with Gasteiger partial charge in [0.25, 0.3) is 0 Å². The van der Waals surface area contributed by atoms with Gasteiger partial charge in [-0.25, -0.2) is 0 Å². The molecule has 2 heterocycles. The third-order valence-electron chi connectivity index (χ3n) is 3.53. The summed E-state index contributed by atoms with van der Waals surface area (Å²) >= 11 is 0. The van der Waals surface area contributed by atoms with Crippen molar-refractivity contribution in [2.24, 2.45) is 0 Å². The number of rotatable bonds is 7. The van der Waals surface area contributed by atoms with Crippen molar-refractivity contribution in [2.45, 2.75) is 32.3 Å². The van der Waals surface area contributed by atoms with Crippen molar-refractivity contribution in [3.8, 4) is 5.88 Å². The lowest BCUT2D eigenvalue weighted by molar-refractivity contribution is 0.0158. The molecule has 6 nitrogen and oxygen atoms in total. The number of aliphatic hydroxyl groups excluding tert-OH is 1. The van der Waals surface area contributed by atoms with Gasteiger partial charge in [0.05, 0.1) is 31.6 Å². The van der Waals surface area contributed by atoms with E-state index in [4.69, 9.17) is 20.3 Å². The molecule has 1 aromatic rings. The van der Waals surface area contributed by atoms with E-state index in [1.807, 2.05) is 12.1 Å². The Bertz CT molecular complexity index is 434. The minimum atomic E-state index is 0.0812. The molecule has 1 saturated heterocycles. The van der Waals surface area contributed by atoms with Crippen molar-refractivity contribution in [1.29, 1.82) is 0 Å². The fourth-order valence-electron chi connectivity index (χ4n) is 2.40. The highest BCUT2D eigenvalue weighted by molar-refractivity contribution is 5.54. The molecule has 0 aliphatic carbocycles. The van der Waals surface area contributed by atoms with E-state index in [0.29, 0.717) is 24.8 Å². The maximum atomic E-state index is 8.78. The summed E-state index contributed by atoms with van der Waals surface area (Å²) in [6, 6.07) is 3.78. The quantitative estimate of drug-likeness (QED) is 0.792. The maximum absolute atomic E-state index is 8.78. The van der Waals surface area contributed by atoms with Gasteiger partial charge in [-0.15, -0.1) is 0 Å². The second-order valence-electron chi connectivity index (χ2n) is 5.19. The fourth-order valence-corrected chi connectivity index (χ4v) is 2.40. The van der Waals surface area contributed by atoms with E-state index >= 15 is 0 Å². The van der Waals surface area contributed by atoms with E-state index in [1.54, 1.807) is 0 Å². The average molecular weight is 295 g/mol. The molecular formula is C15H25N3O3. The summed E-state index contributed by atoms with van der Waals surface area (Å²) in [4.78, 5) is 6.74. The molecule has 0 radical (unpaired) electrons. The van der Waals surface area contributed by atoms with Crippen molar-refractivity contribution in [3.63, 3.8) is 0 Å². The number of aromatic nitrogens is 1. The molecule has 1 aliphatic heterocycles. The SMILES string of the molecule is CCCOc1nc(N2CCC(OCCO)CC2)ccc1N. The highest BCUT2D eigenvalue weighted by Crippen LogP contribution is 2.26. The third kappa shape index (κ3) is 4.47. The predicted molar refractivity (Wildman–Crippen MR) is 82.7 cm³/mol. The molecule has 0 unspecified atom stereocenters. The van der Waals surface area contributed by atoms with Crippen LogP contribution in [-0.4, -0.2) is 49.1 Å². The number of piperidine rings is 1. The van der Waals surface area contributed by atoms with E-state index in [1.165, 1.54) is 0 Å². The molecule has 6 heteroatoms. The highest BCUT2D eigenvalue weighted by atomic mass is 16.5. The maximum Gasteiger partial charge on any atom is 0.239 e. The first-order valence-electron chi connectivity index (χ1n) is 7.61. The second kappa shape index (κ2) is 8.05. The molecule has 21 heavy (non-hydrogen) atoms. The number of aliphatic hydroxyl groups is 1. The van der Waals surface area contributed by atoms with Crippen molar-refractivity contribution < 1.29 is 14.6 Å². The summed E-state index contributed by atoms with van der Waals surface area (Å²) in [5.74, 6) is 1.42. The summed E-state index contributed by atoms with van der Waals surface area (Å²) in [6.45, 7) is 4.95. The third-order valence-corrected chi connectivity index (χ3v) is 3.53. The number of nitrogen functional groups attached to an aromatic ring is 1. The van der Waals surface area contributed by atoms with Crippen molar-refractivity contribution in [3.05, 3.63) is 12.1 Å². The Hall–Kier alpha value is -1.53. The zero-order valence-electron chi connectivity index (χ0n) is 12.6. The molecule has 1 aromatic heterocycles. The molecule has 118 valence electrons. The summed E-state index contributed by atoms with van der Waals surface area (Å²) in [5.41, 5.74) is 6.46. The number of anilines is 2. The zero-order valence-corrected chi connectivity index (χ0v) is 12.6. The monoisotopic (exact) mass is 295 g/mol. The van der Waals surface area contributed by atoms with E-state index in [9.17, 15) is 0 Å². The molecule has 0 atom stereocenters. The molecule has 1 aliphatic rings. The number of nitrogens with two attached hydrogens (primary N) is 1. The van der Waals surface area contributed by atoms with E-state index < -0.39 is 0 Å². The summed E-state index contributed by atoms with van der Waals surface area (Å²) < 4.78 is 11.1. The lowest BCUT2D eigenvalue weighted by Gasteiger charge is -2.32. The average Bonchev–Trinajstić information content (AvgIpc) is 2.53. The Morgan fingerprint density at radius 1 is 1.33 bits per heavy atom. The van der Waals surface area contributed by atoms with Gasteiger partial charge in [0.15, 0.2) is 0 Å². The van der Waals surface area contributed by atoms with Gasteiger partial charge in [0.2, 0.25) is 5.88 Å². The standard InChI is InChI=1S/C15H25N3O3/c1-2-10-21-15-13(16)3-4-14(17-15)18-7-5-12(6-8-18)20-11-9-19/h3-4,12,19H,2,5-11,16H2,1H3. The van der Waals surface area contributed by atoms with Gasteiger partial charge in [-0.2, -0.15) is 4.98 Å².